The van der Waals surface area contributed by atoms with Crippen LogP contribution >= 0.6 is 0 Å². The summed E-state index contributed by atoms with van der Waals surface area (Å²) >= 11 is 0. The van der Waals surface area contributed by atoms with Crippen molar-refractivity contribution in [2.45, 2.75) is 63.2 Å². The molecule has 2 saturated heterocycles. The fourth-order valence-corrected chi connectivity index (χ4v) is 8.33. The first-order valence-corrected chi connectivity index (χ1v) is 20.4. The highest BCUT2D eigenvalue weighted by molar-refractivity contribution is 6.23. The average molecular weight is 818 g/mol. The molecule has 0 bridgehead atoms. The first-order valence-electron chi connectivity index (χ1n) is 20.4. The zero-order valence-corrected chi connectivity index (χ0v) is 33.3. The van der Waals surface area contributed by atoms with Gasteiger partial charge in [-0.25, -0.2) is 9.78 Å². The second kappa shape index (κ2) is 17.8. The third-order valence-corrected chi connectivity index (χ3v) is 11.6. The van der Waals surface area contributed by atoms with Crippen LogP contribution in [0.4, 0.5) is 22.0 Å². The predicted octanol–water partition coefficient (Wildman–Crippen LogP) is 4.19. The van der Waals surface area contributed by atoms with E-state index < -0.39 is 29.7 Å². The molecule has 3 N–H and O–H groups in total. The van der Waals surface area contributed by atoms with Gasteiger partial charge in [0, 0.05) is 80.3 Å². The number of hydrogen-bond acceptors (Lipinski definition) is 10. The van der Waals surface area contributed by atoms with E-state index in [2.05, 4.69) is 43.7 Å². The van der Waals surface area contributed by atoms with Gasteiger partial charge in [0.05, 0.1) is 16.7 Å². The number of carbonyl (C=O) groups excluding carboxylic acids is 6. The van der Waals surface area contributed by atoms with Gasteiger partial charge in [0.1, 0.15) is 17.9 Å². The summed E-state index contributed by atoms with van der Waals surface area (Å²) in [6, 6.07) is 26.9. The zero-order valence-electron chi connectivity index (χ0n) is 33.3. The van der Waals surface area contributed by atoms with Crippen molar-refractivity contribution in [3.05, 3.63) is 119 Å². The van der Waals surface area contributed by atoms with Crippen molar-refractivity contribution in [3.63, 3.8) is 0 Å². The Balaban J connectivity index is 0.879. The summed E-state index contributed by atoms with van der Waals surface area (Å²) in [4.78, 5) is 88.3. The number of urea groups is 1. The number of imide groups is 2. The van der Waals surface area contributed by atoms with Crippen LogP contribution in [0.15, 0.2) is 91.1 Å². The molecule has 61 heavy (non-hydrogen) atoms. The lowest BCUT2D eigenvalue weighted by Gasteiger charge is -2.38. The summed E-state index contributed by atoms with van der Waals surface area (Å²) in [6.45, 7) is 2.44. The van der Waals surface area contributed by atoms with Crippen molar-refractivity contribution in [3.8, 4) is 17.9 Å². The maximum absolute atomic E-state index is 13.9. The summed E-state index contributed by atoms with van der Waals surface area (Å²) in [7, 11) is 0. The topological polar surface area (TPSA) is 188 Å². The van der Waals surface area contributed by atoms with Crippen molar-refractivity contribution in [1.82, 2.24) is 25.4 Å². The van der Waals surface area contributed by atoms with Gasteiger partial charge in [0.2, 0.25) is 11.8 Å². The quantitative estimate of drug-likeness (QED) is 0.172. The minimum atomic E-state index is -1.07. The van der Waals surface area contributed by atoms with E-state index in [1.807, 2.05) is 65.6 Å². The summed E-state index contributed by atoms with van der Waals surface area (Å²) in [5, 5.41) is 17.9. The number of aromatic nitrogens is 1. The van der Waals surface area contributed by atoms with Crippen molar-refractivity contribution < 1.29 is 28.8 Å². The van der Waals surface area contributed by atoms with Gasteiger partial charge in [-0.2, -0.15) is 5.26 Å². The largest absolute Gasteiger partial charge is 0.368 e. The van der Waals surface area contributed by atoms with Crippen LogP contribution in [0, 0.1) is 23.2 Å². The first kappa shape index (κ1) is 40.3. The standard InChI is InChI=1S/C46H43N9O6/c47-27-32-7-19-40(48-29-32)50-33-9-11-35(12-10-33)54(46(61)49-28-31-4-2-1-3-5-31)36-15-13-34(14-16-36)52-22-24-53(25-23-52)42(57)21-8-30-6-17-37-38(26-30)45(60)55(44(37)59)39-18-20-41(56)51-43(39)58/h1-7,13-17,19,26,29,33,35,39H,9-12,18,20,22-25,28H2,(H,48,50)(H,49,61)(H,51,56,58). The Hall–Kier alpha value is -7.52. The van der Waals surface area contributed by atoms with E-state index in [0.29, 0.717) is 43.9 Å². The Kier molecular flexibility index (Phi) is 11.7. The number of piperidine rings is 1. The van der Waals surface area contributed by atoms with E-state index in [4.69, 9.17) is 5.26 Å². The number of piperazine rings is 1. The van der Waals surface area contributed by atoms with Crippen LogP contribution in [0.2, 0.25) is 0 Å². The highest BCUT2D eigenvalue weighted by Crippen LogP contribution is 2.32. The van der Waals surface area contributed by atoms with E-state index in [0.717, 1.165) is 53.3 Å². The molecule has 0 radical (unpaired) electrons. The molecule has 4 heterocycles. The van der Waals surface area contributed by atoms with Crippen molar-refractivity contribution >= 4 is 52.8 Å². The van der Waals surface area contributed by atoms with Crippen LogP contribution in [-0.4, -0.2) is 94.7 Å². The molecule has 1 aromatic heterocycles. The molecule has 15 nitrogen and oxygen atoms in total. The van der Waals surface area contributed by atoms with E-state index in [-0.39, 0.29) is 48.0 Å². The molecular formula is C46H43N9O6. The van der Waals surface area contributed by atoms with Gasteiger partial charge < -0.3 is 20.4 Å². The highest BCUT2D eigenvalue weighted by atomic mass is 16.2. The number of nitriles is 1. The molecule has 7 amide bonds. The Bertz CT molecular complexity index is 2460. The second-order valence-corrected chi connectivity index (χ2v) is 15.5. The monoisotopic (exact) mass is 817 g/mol. The maximum atomic E-state index is 13.9. The van der Waals surface area contributed by atoms with Crippen LogP contribution < -0.4 is 25.8 Å². The Morgan fingerprint density at radius 3 is 2.23 bits per heavy atom. The third-order valence-electron chi connectivity index (χ3n) is 11.6. The number of benzene rings is 3. The highest BCUT2D eigenvalue weighted by Gasteiger charge is 2.44. The van der Waals surface area contributed by atoms with Crippen LogP contribution in [0.1, 0.15) is 75.9 Å². The van der Waals surface area contributed by atoms with Gasteiger partial charge in [-0.15, -0.1) is 0 Å². The zero-order chi connectivity index (χ0) is 42.5. The molecule has 1 saturated carbocycles. The van der Waals surface area contributed by atoms with Gasteiger partial charge in [-0.05, 0) is 92.3 Å². The lowest BCUT2D eigenvalue weighted by Crippen LogP contribution is -2.54. The molecule has 3 aromatic carbocycles. The minimum absolute atomic E-state index is 0.0171. The molecule has 15 heteroatoms. The molecule has 0 spiro atoms. The number of amides is 7. The molecule has 8 rings (SSSR count). The van der Waals surface area contributed by atoms with Crippen LogP contribution in [0.25, 0.3) is 0 Å². The molecule has 3 aliphatic heterocycles. The molecule has 1 atom stereocenters. The fraction of sp³-hybridized carbons (Fsp3) is 0.304. The molecular weight excluding hydrogens is 775 g/mol. The van der Waals surface area contributed by atoms with Crippen LogP contribution in [-0.2, 0) is 20.9 Å². The number of nitrogens with one attached hydrogen (secondary N) is 3. The first-order chi connectivity index (χ1) is 29.6. The number of fused-ring (bicyclic) bond motifs is 1. The van der Waals surface area contributed by atoms with Gasteiger partial charge >= 0.3 is 6.03 Å². The van der Waals surface area contributed by atoms with Crippen LogP contribution in [0.5, 0.6) is 0 Å². The number of nitrogens with zero attached hydrogens (tertiary/aromatic N) is 6. The van der Waals surface area contributed by atoms with E-state index in [9.17, 15) is 28.8 Å². The van der Waals surface area contributed by atoms with Crippen molar-refractivity contribution in [2.24, 2.45) is 0 Å². The molecule has 4 aromatic rings. The smallest absolute Gasteiger partial charge is 0.322 e. The lowest BCUT2D eigenvalue weighted by atomic mass is 9.90. The SMILES string of the molecule is N#Cc1ccc(NC2CCC(N(C(=O)NCc3ccccc3)c3ccc(N4CCN(C(=O)C#Cc5ccc6c(c5)C(=O)N(C5CCC(=O)NC5=O)C6=O)CC4)cc3)CC2)nc1. The van der Waals surface area contributed by atoms with E-state index >= 15 is 0 Å². The third kappa shape index (κ3) is 8.91. The number of rotatable bonds is 8. The van der Waals surface area contributed by atoms with Crippen LogP contribution in [0.3, 0.4) is 0 Å². The Labute approximate surface area is 352 Å². The van der Waals surface area contributed by atoms with Gasteiger partial charge in [-0.1, -0.05) is 36.3 Å². The summed E-state index contributed by atoms with van der Waals surface area (Å²) < 4.78 is 0. The molecule has 4 aliphatic rings. The Morgan fingerprint density at radius 1 is 0.820 bits per heavy atom. The Morgan fingerprint density at radius 2 is 1.54 bits per heavy atom. The number of pyridine rings is 1. The number of carbonyl (C=O) groups is 6. The van der Waals surface area contributed by atoms with E-state index in [1.165, 1.54) is 12.1 Å². The predicted molar refractivity (Wildman–Crippen MR) is 225 cm³/mol. The number of hydrogen-bond donors (Lipinski definition) is 3. The summed E-state index contributed by atoms with van der Waals surface area (Å²) in [6.07, 6.45) is 4.93. The molecule has 308 valence electrons. The van der Waals surface area contributed by atoms with Gasteiger partial charge in [0.25, 0.3) is 17.7 Å². The second-order valence-electron chi connectivity index (χ2n) is 15.5. The van der Waals surface area contributed by atoms with Crippen molar-refractivity contribution in [1.29, 1.82) is 5.26 Å². The summed E-state index contributed by atoms with van der Waals surface area (Å²) in [5.41, 5.74) is 3.91. The fourth-order valence-electron chi connectivity index (χ4n) is 8.33. The molecule has 1 aliphatic carbocycles. The maximum Gasteiger partial charge on any atom is 0.322 e. The van der Waals surface area contributed by atoms with Gasteiger partial charge in [0.15, 0.2) is 0 Å². The normalized spacial score (nSPS) is 19.9. The molecule has 1 unspecified atom stereocenters. The summed E-state index contributed by atoms with van der Waals surface area (Å²) in [5.74, 6) is 3.50. The van der Waals surface area contributed by atoms with E-state index in [1.54, 1.807) is 23.2 Å². The minimum Gasteiger partial charge on any atom is -0.368 e. The number of anilines is 3. The average Bonchev–Trinajstić information content (AvgIpc) is 3.54. The van der Waals surface area contributed by atoms with Gasteiger partial charge in [-0.3, -0.25) is 39.1 Å². The molecule has 3 fully saturated rings. The lowest BCUT2D eigenvalue weighted by molar-refractivity contribution is -0.136. The van der Waals surface area contributed by atoms with Crippen molar-refractivity contribution in [2.75, 3.05) is 41.3 Å².